The van der Waals surface area contributed by atoms with Gasteiger partial charge in [0.25, 0.3) is 5.91 Å². The number of anilines is 1. The first-order chi connectivity index (χ1) is 14.5. The van der Waals surface area contributed by atoms with E-state index in [2.05, 4.69) is 32.3 Å². The molecule has 3 heterocycles. The van der Waals surface area contributed by atoms with E-state index in [0.717, 1.165) is 18.7 Å². The average Bonchev–Trinajstić information content (AvgIpc) is 3.22. The highest BCUT2D eigenvalue weighted by Gasteiger charge is 2.49. The van der Waals surface area contributed by atoms with Crippen molar-refractivity contribution in [2.75, 3.05) is 5.73 Å². The molecule has 30 heavy (non-hydrogen) atoms. The second-order valence-electron chi connectivity index (χ2n) is 7.30. The summed E-state index contributed by atoms with van der Waals surface area (Å²) in [5.74, 6) is 1.14. The summed E-state index contributed by atoms with van der Waals surface area (Å²) >= 11 is 0. The predicted molar refractivity (Wildman–Crippen MR) is 109 cm³/mol. The fourth-order valence-corrected chi connectivity index (χ4v) is 3.67. The van der Waals surface area contributed by atoms with Crippen molar-refractivity contribution >= 4 is 11.7 Å². The molecule has 0 aliphatic heterocycles. The van der Waals surface area contributed by atoms with Gasteiger partial charge in [-0.1, -0.05) is 30.3 Å². The van der Waals surface area contributed by atoms with Crippen LogP contribution in [0.15, 0.2) is 48.8 Å². The number of benzene rings is 1. The maximum atomic E-state index is 11.3. The molecule has 1 saturated carbocycles. The molecule has 10 nitrogen and oxygen atoms in total. The van der Waals surface area contributed by atoms with E-state index in [0.29, 0.717) is 11.5 Å². The number of aromatic nitrogens is 7. The Morgan fingerprint density at radius 2 is 1.87 bits per heavy atom. The van der Waals surface area contributed by atoms with Crippen molar-refractivity contribution in [3.8, 4) is 17.3 Å². The molecular formula is C20H19N9O. The highest BCUT2D eigenvalue weighted by Crippen LogP contribution is 2.52. The van der Waals surface area contributed by atoms with E-state index < -0.39 is 5.91 Å². The minimum Gasteiger partial charge on any atom is -0.381 e. The van der Waals surface area contributed by atoms with Crippen LogP contribution in [0.1, 0.15) is 34.7 Å². The van der Waals surface area contributed by atoms with Crippen molar-refractivity contribution in [3.63, 3.8) is 0 Å². The molecular weight excluding hydrogens is 382 g/mol. The van der Waals surface area contributed by atoms with Crippen LogP contribution in [0.5, 0.6) is 0 Å². The third-order valence-electron chi connectivity index (χ3n) is 5.34. The number of aryl methyl sites for hydroxylation is 1. The number of primary amides is 1. The first kappa shape index (κ1) is 18.0. The van der Waals surface area contributed by atoms with Crippen LogP contribution in [0.25, 0.3) is 17.3 Å². The molecule has 1 aromatic carbocycles. The van der Waals surface area contributed by atoms with E-state index in [9.17, 15) is 4.79 Å². The smallest absolute Gasteiger partial charge is 0.269 e. The molecule has 1 aliphatic carbocycles. The minimum atomic E-state index is -0.636. The zero-order valence-corrected chi connectivity index (χ0v) is 16.2. The summed E-state index contributed by atoms with van der Waals surface area (Å²) in [5, 5.41) is 8.67. The lowest BCUT2D eigenvalue weighted by Gasteiger charge is -2.14. The number of carbonyl (C=O) groups excluding carboxylic acids is 1. The van der Waals surface area contributed by atoms with Crippen LogP contribution in [0.2, 0.25) is 0 Å². The summed E-state index contributed by atoms with van der Waals surface area (Å²) in [7, 11) is 1.88. The van der Waals surface area contributed by atoms with Gasteiger partial charge in [0.15, 0.2) is 11.6 Å². The molecule has 10 heteroatoms. The number of nitrogens with two attached hydrogens (primary N) is 2. The van der Waals surface area contributed by atoms with E-state index in [1.165, 1.54) is 22.5 Å². The third kappa shape index (κ3) is 2.81. The number of hydrogen-bond donors (Lipinski definition) is 2. The van der Waals surface area contributed by atoms with Crippen LogP contribution >= 0.6 is 0 Å². The molecule has 0 unspecified atom stereocenters. The Bertz CT molecular complexity index is 1250. The minimum absolute atomic E-state index is 0.110. The van der Waals surface area contributed by atoms with Crippen molar-refractivity contribution in [1.82, 2.24) is 34.5 Å². The Morgan fingerprint density at radius 1 is 1.10 bits per heavy atom. The van der Waals surface area contributed by atoms with Gasteiger partial charge in [-0.2, -0.15) is 5.10 Å². The zero-order valence-electron chi connectivity index (χ0n) is 16.2. The molecule has 1 amide bonds. The van der Waals surface area contributed by atoms with Gasteiger partial charge in [0.1, 0.15) is 17.2 Å². The van der Waals surface area contributed by atoms with Crippen LogP contribution < -0.4 is 11.5 Å². The van der Waals surface area contributed by atoms with Gasteiger partial charge in [-0.05, 0) is 24.5 Å². The molecule has 1 fully saturated rings. The summed E-state index contributed by atoms with van der Waals surface area (Å²) in [6, 6.07) is 11.8. The Morgan fingerprint density at radius 3 is 2.53 bits per heavy atom. The van der Waals surface area contributed by atoms with Crippen molar-refractivity contribution in [2.24, 2.45) is 12.8 Å². The molecule has 0 atom stereocenters. The monoisotopic (exact) mass is 401 g/mol. The number of rotatable bonds is 5. The Kier molecular flexibility index (Phi) is 3.88. The van der Waals surface area contributed by atoms with Gasteiger partial charge in [-0.25, -0.2) is 19.6 Å². The average molecular weight is 401 g/mol. The molecule has 4 N–H and O–H groups in total. The maximum absolute atomic E-state index is 11.3. The van der Waals surface area contributed by atoms with E-state index in [-0.39, 0.29) is 22.7 Å². The predicted octanol–water partition coefficient (Wildman–Crippen LogP) is 1.22. The number of nitrogens with zero attached hydrogens (tertiary/aromatic N) is 7. The Hall–Kier alpha value is -4.08. The Labute approximate surface area is 171 Å². The maximum Gasteiger partial charge on any atom is 0.269 e. The van der Waals surface area contributed by atoms with Crippen LogP contribution in [-0.4, -0.2) is 40.4 Å². The first-order valence-electron chi connectivity index (χ1n) is 9.44. The van der Waals surface area contributed by atoms with E-state index in [4.69, 9.17) is 16.5 Å². The van der Waals surface area contributed by atoms with Gasteiger partial charge in [0.2, 0.25) is 5.82 Å². The largest absolute Gasteiger partial charge is 0.381 e. The molecule has 0 bridgehead atoms. The number of nitrogen functional groups attached to an aromatic ring is 1. The fraction of sp³-hybridized carbons (Fsp3) is 0.200. The van der Waals surface area contributed by atoms with Crippen LogP contribution in [0.3, 0.4) is 0 Å². The first-order valence-corrected chi connectivity index (χ1v) is 9.44. The number of carbonyl (C=O) groups is 1. The van der Waals surface area contributed by atoms with Crippen LogP contribution in [0.4, 0.5) is 5.82 Å². The summed E-state index contributed by atoms with van der Waals surface area (Å²) in [6.07, 6.45) is 5.12. The zero-order chi connectivity index (χ0) is 20.9. The lowest BCUT2D eigenvalue weighted by molar-refractivity contribution is 0.0995. The number of hydrogen-bond acceptors (Lipinski definition) is 7. The van der Waals surface area contributed by atoms with E-state index >= 15 is 0 Å². The van der Waals surface area contributed by atoms with Gasteiger partial charge >= 0.3 is 0 Å². The summed E-state index contributed by atoms with van der Waals surface area (Å²) in [4.78, 5) is 24.9. The highest BCUT2D eigenvalue weighted by molar-refractivity contribution is 5.90. The topological polar surface area (TPSA) is 143 Å². The van der Waals surface area contributed by atoms with Gasteiger partial charge in [-0.3, -0.25) is 9.48 Å². The van der Waals surface area contributed by atoms with Crippen molar-refractivity contribution in [3.05, 3.63) is 65.9 Å². The van der Waals surface area contributed by atoms with Gasteiger partial charge < -0.3 is 11.5 Å². The van der Waals surface area contributed by atoms with Crippen molar-refractivity contribution < 1.29 is 4.79 Å². The lowest BCUT2D eigenvalue weighted by atomic mass is 9.95. The SMILES string of the molecule is Cn1nc(-c2cnc(N)c(-n3ccc(C(N)=O)n3)n2)nc1C1(c2ccccc2)CC1. The normalized spacial score (nSPS) is 14.6. The van der Waals surface area contributed by atoms with Crippen molar-refractivity contribution in [2.45, 2.75) is 18.3 Å². The second kappa shape index (κ2) is 6.48. The standard InChI is InChI=1S/C20H19N9O/c1-28-19(20(8-9-20)12-5-3-2-4-6-12)25-17(27-28)14-11-23-15(21)18(24-14)29-10-7-13(26-29)16(22)30/h2-7,10-11H,8-9H2,1H3,(H2,21,23)(H2,22,30). The van der Waals surface area contributed by atoms with Crippen LogP contribution in [0, 0.1) is 0 Å². The van der Waals surface area contributed by atoms with Gasteiger partial charge in [0, 0.05) is 13.2 Å². The molecule has 1 aliphatic rings. The summed E-state index contributed by atoms with van der Waals surface area (Å²) in [5.41, 5.74) is 12.9. The van der Waals surface area contributed by atoms with E-state index in [1.54, 1.807) is 10.9 Å². The fourth-order valence-electron chi connectivity index (χ4n) is 3.67. The molecule has 0 saturated heterocycles. The summed E-state index contributed by atoms with van der Waals surface area (Å²) < 4.78 is 3.16. The highest BCUT2D eigenvalue weighted by atomic mass is 16.1. The third-order valence-corrected chi connectivity index (χ3v) is 5.34. The molecule has 0 radical (unpaired) electrons. The van der Waals surface area contributed by atoms with Crippen LogP contribution in [-0.2, 0) is 12.5 Å². The molecule has 5 rings (SSSR count). The van der Waals surface area contributed by atoms with Gasteiger partial charge in [-0.15, -0.1) is 5.10 Å². The van der Waals surface area contributed by atoms with E-state index in [1.807, 2.05) is 25.2 Å². The second-order valence-corrected chi connectivity index (χ2v) is 7.30. The molecule has 4 aromatic rings. The number of amides is 1. The molecule has 0 spiro atoms. The molecule has 150 valence electrons. The summed E-state index contributed by atoms with van der Waals surface area (Å²) in [6.45, 7) is 0. The lowest BCUT2D eigenvalue weighted by Crippen LogP contribution is -2.15. The van der Waals surface area contributed by atoms with Crippen molar-refractivity contribution in [1.29, 1.82) is 0 Å². The quantitative estimate of drug-likeness (QED) is 0.511. The molecule has 3 aromatic heterocycles. The Balaban J connectivity index is 1.54. The van der Waals surface area contributed by atoms with Gasteiger partial charge in [0.05, 0.1) is 11.6 Å².